The molecule has 5 nitrogen and oxygen atoms in total. The predicted octanol–water partition coefficient (Wildman–Crippen LogP) is 2.02. The van der Waals surface area contributed by atoms with Gasteiger partial charge >= 0.3 is 6.09 Å². The minimum absolute atomic E-state index is 0.0518. The lowest BCUT2D eigenvalue weighted by Gasteiger charge is -2.19. The van der Waals surface area contributed by atoms with Crippen molar-refractivity contribution < 1.29 is 14.3 Å². The number of alkyl carbamates (subject to hydrolysis) is 1. The van der Waals surface area contributed by atoms with Crippen LogP contribution in [0.2, 0.25) is 0 Å². The highest BCUT2D eigenvalue weighted by Gasteiger charge is 2.15. The van der Waals surface area contributed by atoms with Crippen molar-refractivity contribution in [2.45, 2.75) is 39.7 Å². The Balaban J connectivity index is 3.66. The normalized spacial score (nSPS) is 12.7. The Labute approximate surface area is 120 Å². The molecule has 19 heavy (non-hydrogen) atoms. The molecule has 1 atom stereocenters. The van der Waals surface area contributed by atoms with Crippen LogP contribution in [-0.2, 0) is 9.53 Å². The molecule has 2 amide bonds. The summed E-state index contributed by atoms with van der Waals surface area (Å²) < 4.78 is 5.07. The van der Waals surface area contributed by atoms with Gasteiger partial charge in [-0.2, -0.15) is 11.8 Å². The van der Waals surface area contributed by atoms with E-state index in [-0.39, 0.29) is 18.9 Å². The number of rotatable bonds is 7. The van der Waals surface area contributed by atoms with E-state index >= 15 is 0 Å². The molecule has 0 spiro atoms. The molecule has 0 fully saturated rings. The van der Waals surface area contributed by atoms with E-state index in [2.05, 4.69) is 17.6 Å². The van der Waals surface area contributed by atoms with E-state index in [1.54, 1.807) is 32.5 Å². The van der Waals surface area contributed by atoms with Crippen molar-refractivity contribution in [2.24, 2.45) is 5.92 Å². The molecular weight excluding hydrogens is 264 g/mol. The molecule has 0 aromatic carbocycles. The first kappa shape index (κ1) is 18.1. The van der Waals surface area contributed by atoms with Crippen LogP contribution in [0.25, 0.3) is 0 Å². The van der Waals surface area contributed by atoms with Gasteiger partial charge in [-0.15, -0.1) is 0 Å². The second-order valence-electron chi connectivity index (χ2n) is 5.54. The fourth-order valence-corrected chi connectivity index (χ4v) is 2.00. The van der Waals surface area contributed by atoms with Gasteiger partial charge < -0.3 is 15.4 Å². The SMILES string of the molecule is CSCC(C)CNC(=O)CCNC(=O)OC(C)(C)C. The maximum atomic E-state index is 11.5. The summed E-state index contributed by atoms with van der Waals surface area (Å²) in [7, 11) is 0. The van der Waals surface area contributed by atoms with Crippen LogP contribution in [0.5, 0.6) is 0 Å². The van der Waals surface area contributed by atoms with Gasteiger partial charge in [-0.25, -0.2) is 4.79 Å². The molecule has 0 saturated carbocycles. The van der Waals surface area contributed by atoms with Gasteiger partial charge in [0.25, 0.3) is 0 Å². The fourth-order valence-electron chi connectivity index (χ4n) is 1.31. The van der Waals surface area contributed by atoms with Gasteiger partial charge in [0.1, 0.15) is 5.60 Å². The second kappa shape index (κ2) is 9.07. The summed E-state index contributed by atoms with van der Waals surface area (Å²) in [4.78, 5) is 22.8. The zero-order chi connectivity index (χ0) is 14.9. The van der Waals surface area contributed by atoms with Gasteiger partial charge in [-0.1, -0.05) is 6.92 Å². The van der Waals surface area contributed by atoms with Gasteiger partial charge in [-0.3, -0.25) is 4.79 Å². The molecule has 1 unspecified atom stereocenters. The van der Waals surface area contributed by atoms with Crippen LogP contribution in [0, 0.1) is 5.92 Å². The lowest BCUT2D eigenvalue weighted by Crippen LogP contribution is -2.36. The van der Waals surface area contributed by atoms with Gasteiger partial charge in [0.05, 0.1) is 0 Å². The summed E-state index contributed by atoms with van der Waals surface area (Å²) in [6.07, 6.45) is 1.82. The minimum atomic E-state index is -0.514. The van der Waals surface area contributed by atoms with Crippen molar-refractivity contribution in [1.29, 1.82) is 0 Å². The van der Waals surface area contributed by atoms with E-state index in [1.807, 2.05) is 6.26 Å². The summed E-state index contributed by atoms with van der Waals surface area (Å²) >= 11 is 1.76. The number of amides is 2. The van der Waals surface area contributed by atoms with E-state index in [0.717, 1.165) is 5.75 Å². The highest BCUT2D eigenvalue weighted by molar-refractivity contribution is 7.98. The van der Waals surface area contributed by atoms with Crippen molar-refractivity contribution in [1.82, 2.24) is 10.6 Å². The van der Waals surface area contributed by atoms with Gasteiger partial charge in [-0.05, 0) is 38.7 Å². The summed E-state index contributed by atoms with van der Waals surface area (Å²) in [5, 5.41) is 5.40. The van der Waals surface area contributed by atoms with Crippen LogP contribution in [0.15, 0.2) is 0 Å². The van der Waals surface area contributed by atoms with Crippen LogP contribution < -0.4 is 10.6 Å². The van der Waals surface area contributed by atoms with Crippen molar-refractivity contribution in [3.8, 4) is 0 Å². The Morgan fingerprint density at radius 2 is 1.89 bits per heavy atom. The first-order chi connectivity index (χ1) is 8.74. The zero-order valence-electron chi connectivity index (χ0n) is 12.5. The number of thioether (sulfide) groups is 1. The Morgan fingerprint density at radius 3 is 2.42 bits per heavy atom. The lowest BCUT2D eigenvalue weighted by atomic mass is 10.2. The predicted molar refractivity (Wildman–Crippen MR) is 79.4 cm³/mol. The van der Waals surface area contributed by atoms with Crippen molar-refractivity contribution in [3.63, 3.8) is 0 Å². The third-order valence-electron chi connectivity index (χ3n) is 2.12. The van der Waals surface area contributed by atoms with Crippen molar-refractivity contribution in [3.05, 3.63) is 0 Å². The first-order valence-corrected chi connectivity index (χ1v) is 7.86. The number of hydrogen-bond donors (Lipinski definition) is 2. The number of carbonyl (C=O) groups is 2. The lowest BCUT2D eigenvalue weighted by molar-refractivity contribution is -0.121. The Kier molecular flexibility index (Phi) is 8.63. The standard InChI is InChI=1S/C13H26N2O3S/c1-10(9-19-5)8-15-11(16)6-7-14-12(17)18-13(2,3)4/h10H,6-9H2,1-5H3,(H,14,17)(H,15,16). The quantitative estimate of drug-likeness (QED) is 0.753. The molecule has 0 aliphatic heterocycles. The molecule has 0 aliphatic rings. The summed E-state index contributed by atoms with van der Waals surface area (Å²) in [5.41, 5.74) is -0.514. The Bertz CT molecular complexity index is 290. The highest BCUT2D eigenvalue weighted by Crippen LogP contribution is 2.06. The molecule has 112 valence electrons. The van der Waals surface area contributed by atoms with E-state index < -0.39 is 11.7 Å². The molecule has 6 heteroatoms. The molecule has 0 radical (unpaired) electrons. The Morgan fingerprint density at radius 1 is 1.26 bits per heavy atom. The molecule has 0 heterocycles. The first-order valence-electron chi connectivity index (χ1n) is 6.47. The van der Waals surface area contributed by atoms with E-state index in [1.165, 1.54) is 0 Å². The third-order valence-corrected chi connectivity index (χ3v) is 3.02. The summed E-state index contributed by atoms with van der Waals surface area (Å²) in [5.74, 6) is 1.43. The molecule has 0 saturated heterocycles. The van der Waals surface area contributed by atoms with Gasteiger partial charge in [0.15, 0.2) is 0 Å². The average molecular weight is 290 g/mol. The van der Waals surface area contributed by atoms with E-state index in [4.69, 9.17) is 4.74 Å². The number of carbonyl (C=O) groups excluding carboxylic acids is 2. The Hall–Kier alpha value is -0.910. The molecule has 0 rings (SSSR count). The van der Waals surface area contributed by atoms with Crippen molar-refractivity contribution in [2.75, 3.05) is 25.1 Å². The van der Waals surface area contributed by atoms with Gasteiger partial charge in [0, 0.05) is 19.5 Å². The minimum Gasteiger partial charge on any atom is -0.444 e. The maximum Gasteiger partial charge on any atom is 0.407 e. The van der Waals surface area contributed by atoms with Gasteiger partial charge in [0.2, 0.25) is 5.91 Å². The fraction of sp³-hybridized carbons (Fsp3) is 0.846. The largest absolute Gasteiger partial charge is 0.444 e. The third kappa shape index (κ3) is 11.9. The molecular formula is C13H26N2O3S. The maximum absolute atomic E-state index is 11.5. The summed E-state index contributed by atoms with van der Waals surface area (Å²) in [6, 6.07) is 0. The topological polar surface area (TPSA) is 67.4 Å². The van der Waals surface area contributed by atoms with Crippen LogP contribution in [0.4, 0.5) is 4.79 Å². The zero-order valence-corrected chi connectivity index (χ0v) is 13.4. The number of hydrogen-bond acceptors (Lipinski definition) is 4. The van der Waals surface area contributed by atoms with E-state index in [9.17, 15) is 9.59 Å². The highest BCUT2D eigenvalue weighted by atomic mass is 32.2. The van der Waals surface area contributed by atoms with Crippen molar-refractivity contribution >= 4 is 23.8 Å². The average Bonchev–Trinajstić information content (AvgIpc) is 2.24. The van der Waals surface area contributed by atoms with Crippen LogP contribution in [0.3, 0.4) is 0 Å². The monoisotopic (exact) mass is 290 g/mol. The van der Waals surface area contributed by atoms with Crippen LogP contribution >= 0.6 is 11.8 Å². The smallest absolute Gasteiger partial charge is 0.407 e. The van der Waals surface area contributed by atoms with E-state index in [0.29, 0.717) is 12.5 Å². The molecule has 2 N–H and O–H groups in total. The molecule has 0 aromatic rings. The second-order valence-corrected chi connectivity index (χ2v) is 6.45. The summed E-state index contributed by atoms with van der Waals surface area (Å²) in [6.45, 7) is 8.45. The van der Waals surface area contributed by atoms with Crippen LogP contribution in [-0.4, -0.2) is 42.7 Å². The molecule has 0 aromatic heterocycles. The van der Waals surface area contributed by atoms with Crippen LogP contribution in [0.1, 0.15) is 34.1 Å². The number of ether oxygens (including phenoxy) is 1. The number of nitrogens with one attached hydrogen (secondary N) is 2. The molecule has 0 bridgehead atoms. The molecule has 0 aliphatic carbocycles.